The Balaban J connectivity index is 1.75. The summed E-state index contributed by atoms with van der Waals surface area (Å²) in [4.78, 5) is 15.2. The zero-order valence-corrected chi connectivity index (χ0v) is 13.5. The highest BCUT2D eigenvalue weighted by atomic mass is 35.5. The van der Waals surface area contributed by atoms with Crippen LogP contribution in [0.3, 0.4) is 0 Å². The first kappa shape index (κ1) is 16.1. The van der Waals surface area contributed by atoms with Crippen molar-refractivity contribution in [2.75, 3.05) is 0 Å². The van der Waals surface area contributed by atoms with Crippen molar-refractivity contribution in [1.29, 1.82) is 0 Å². The molecule has 3 aromatic rings. The average Bonchev–Trinajstić information content (AvgIpc) is 2.56. The second-order valence-corrected chi connectivity index (χ2v) is 5.53. The van der Waals surface area contributed by atoms with E-state index < -0.39 is 12.1 Å². The van der Waals surface area contributed by atoms with Gasteiger partial charge in [0.1, 0.15) is 11.5 Å². The maximum atomic E-state index is 10.8. The molecule has 0 aliphatic rings. The summed E-state index contributed by atoms with van der Waals surface area (Å²) in [6.07, 6.45) is -0.913. The van der Waals surface area contributed by atoms with Crippen LogP contribution in [0.1, 0.15) is 6.92 Å². The molecule has 0 saturated carbocycles. The molecule has 0 amide bonds. The molecule has 1 unspecified atom stereocenters. The smallest absolute Gasteiger partial charge is 0.344 e. The minimum absolute atomic E-state index is 0.442. The molecule has 1 N–H and O–H groups in total. The van der Waals surface area contributed by atoms with Crippen molar-refractivity contribution in [2.24, 2.45) is 0 Å². The van der Waals surface area contributed by atoms with Crippen molar-refractivity contribution in [3.63, 3.8) is 0 Å². The first-order valence-electron chi connectivity index (χ1n) is 7.25. The van der Waals surface area contributed by atoms with Crippen LogP contribution < -0.4 is 9.47 Å². The van der Waals surface area contributed by atoms with Crippen LogP contribution in [0.4, 0.5) is 0 Å². The molecule has 6 heteroatoms. The minimum Gasteiger partial charge on any atom is -0.479 e. The largest absolute Gasteiger partial charge is 0.479 e. The molecule has 1 aromatic heterocycles. The Hall–Kier alpha value is -2.79. The van der Waals surface area contributed by atoms with E-state index in [9.17, 15) is 4.79 Å². The standard InChI is InChI=1S/C18H14ClNO4/c1-11(18(21)22)23-12-5-7-13(8-6-12)24-17-10-9-14-15(19)3-2-4-16(14)20-17/h2-11H,1H3,(H,21,22). The molecule has 0 saturated heterocycles. The van der Waals surface area contributed by atoms with Gasteiger partial charge in [-0.25, -0.2) is 9.78 Å². The van der Waals surface area contributed by atoms with Gasteiger partial charge in [0, 0.05) is 16.5 Å². The van der Waals surface area contributed by atoms with Gasteiger partial charge in [-0.2, -0.15) is 0 Å². The number of halogens is 1. The lowest BCUT2D eigenvalue weighted by molar-refractivity contribution is -0.144. The summed E-state index contributed by atoms with van der Waals surface area (Å²) in [5.74, 6) is 0.446. The fraction of sp³-hybridized carbons (Fsp3) is 0.111. The van der Waals surface area contributed by atoms with Gasteiger partial charge in [0.2, 0.25) is 5.88 Å². The topological polar surface area (TPSA) is 68.7 Å². The van der Waals surface area contributed by atoms with Crippen molar-refractivity contribution in [3.05, 3.63) is 59.6 Å². The number of carbonyl (C=O) groups is 1. The van der Waals surface area contributed by atoms with Crippen LogP contribution in [0.2, 0.25) is 5.02 Å². The lowest BCUT2D eigenvalue weighted by Gasteiger charge is -2.11. The van der Waals surface area contributed by atoms with Crippen LogP contribution in [-0.4, -0.2) is 22.2 Å². The van der Waals surface area contributed by atoms with E-state index in [1.165, 1.54) is 6.92 Å². The fourth-order valence-electron chi connectivity index (χ4n) is 2.12. The Morgan fingerprint density at radius 2 is 1.79 bits per heavy atom. The summed E-state index contributed by atoms with van der Waals surface area (Å²) in [7, 11) is 0. The third kappa shape index (κ3) is 3.58. The van der Waals surface area contributed by atoms with E-state index in [0.717, 1.165) is 10.9 Å². The Kier molecular flexibility index (Phi) is 4.53. The number of carboxylic acids is 1. The zero-order valence-electron chi connectivity index (χ0n) is 12.8. The maximum Gasteiger partial charge on any atom is 0.344 e. The number of hydrogen-bond donors (Lipinski definition) is 1. The van der Waals surface area contributed by atoms with Gasteiger partial charge in [-0.05, 0) is 49.4 Å². The van der Waals surface area contributed by atoms with Crippen LogP contribution in [0, 0.1) is 0 Å². The molecule has 5 nitrogen and oxygen atoms in total. The second-order valence-electron chi connectivity index (χ2n) is 5.13. The van der Waals surface area contributed by atoms with E-state index in [4.69, 9.17) is 26.2 Å². The van der Waals surface area contributed by atoms with Crippen molar-refractivity contribution in [3.8, 4) is 17.4 Å². The van der Waals surface area contributed by atoms with Crippen LogP contribution >= 0.6 is 11.6 Å². The van der Waals surface area contributed by atoms with Gasteiger partial charge in [0.15, 0.2) is 6.10 Å². The molecular formula is C18H14ClNO4. The minimum atomic E-state index is -1.02. The monoisotopic (exact) mass is 343 g/mol. The van der Waals surface area contributed by atoms with Crippen LogP contribution in [0.25, 0.3) is 10.9 Å². The van der Waals surface area contributed by atoms with E-state index >= 15 is 0 Å². The molecule has 2 aromatic carbocycles. The molecular weight excluding hydrogens is 330 g/mol. The van der Waals surface area contributed by atoms with Gasteiger partial charge >= 0.3 is 5.97 Å². The molecule has 0 aliphatic heterocycles. The van der Waals surface area contributed by atoms with E-state index in [2.05, 4.69) is 4.98 Å². The van der Waals surface area contributed by atoms with Crippen LogP contribution in [-0.2, 0) is 4.79 Å². The highest BCUT2D eigenvalue weighted by Crippen LogP contribution is 2.27. The lowest BCUT2D eigenvalue weighted by Crippen LogP contribution is -2.22. The number of rotatable bonds is 5. The van der Waals surface area contributed by atoms with Gasteiger partial charge in [0.25, 0.3) is 0 Å². The number of hydrogen-bond acceptors (Lipinski definition) is 4. The third-order valence-electron chi connectivity index (χ3n) is 3.36. The molecule has 3 rings (SSSR count). The van der Waals surface area contributed by atoms with Crippen molar-refractivity contribution < 1.29 is 19.4 Å². The van der Waals surface area contributed by atoms with Crippen molar-refractivity contribution >= 4 is 28.5 Å². The number of ether oxygens (including phenoxy) is 2. The number of benzene rings is 2. The Morgan fingerprint density at radius 3 is 2.50 bits per heavy atom. The molecule has 122 valence electrons. The molecule has 1 atom stereocenters. The Bertz CT molecular complexity index is 880. The summed E-state index contributed by atoms with van der Waals surface area (Å²) in [6, 6.07) is 15.8. The third-order valence-corrected chi connectivity index (χ3v) is 3.69. The number of nitrogens with zero attached hydrogens (tertiary/aromatic N) is 1. The molecule has 0 bridgehead atoms. The highest BCUT2D eigenvalue weighted by Gasteiger charge is 2.12. The molecule has 0 spiro atoms. The number of carboxylic acid groups (broad SMARTS) is 1. The lowest BCUT2D eigenvalue weighted by atomic mass is 10.2. The normalized spacial score (nSPS) is 11.9. The Morgan fingerprint density at radius 1 is 1.08 bits per heavy atom. The van der Waals surface area contributed by atoms with Crippen LogP contribution in [0.15, 0.2) is 54.6 Å². The molecule has 0 fully saturated rings. The predicted octanol–water partition coefficient (Wildman–Crippen LogP) is 4.53. The van der Waals surface area contributed by atoms with E-state index in [-0.39, 0.29) is 0 Å². The predicted molar refractivity (Wildman–Crippen MR) is 91.0 cm³/mol. The van der Waals surface area contributed by atoms with E-state index in [1.807, 2.05) is 24.3 Å². The average molecular weight is 344 g/mol. The number of fused-ring (bicyclic) bond motifs is 1. The first-order valence-corrected chi connectivity index (χ1v) is 7.63. The summed E-state index contributed by atoms with van der Waals surface area (Å²) in [6.45, 7) is 1.47. The zero-order chi connectivity index (χ0) is 17.1. The quantitative estimate of drug-likeness (QED) is 0.737. The summed E-state index contributed by atoms with van der Waals surface area (Å²) in [5, 5.41) is 10.3. The summed E-state index contributed by atoms with van der Waals surface area (Å²) >= 11 is 6.11. The Labute approximate surface area is 143 Å². The summed E-state index contributed by atoms with van der Waals surface area (Å²) in [5.41, 5.74) is 0.746. The van der Waals surface area contributed by atoms with Gasteiger partial charge in [-0.1, -0.05) is 17.7 Å². The highest BCUT2D eigenvalue weighted by molar-refractivity contribution is 6.35. The molecule has 1 heterocycles. The SMILES string of the molecule is CC(Oc1ccc(Oc2ccc3c(Cl)cccc3n2)cc1)C(=O)O. The number of aliphatic carboxylic acids is 1. The van der Waals surface area contributed by atoms with Gasteiger partial charge in [-0.3, -0.25) is 0 Å². The fourth-order valence-corrected chi connectivity index (χ4v) is 2.35. The van der Waals surface area contributed by atoms with Gasteiger partial charge < -0.3 is 14.6 Å². The summed E-state index contributed by atoms with van der Waals surface area (Å²) < 4.78 is 11.0. The van der Waals surface area contributed by atoms with Crippen LogP contribution in [0.5, 0.6) is 17.4 Å². The number of aromatic nitrogens is 1. The van der Waals surface area contributed by atoms with Gasteiger partial charge in [0.05, 0.1) is 5.52 Å². The maximum absolute atomic E-state index is 10.8. The second kappa shape index (κ2) is 6.76. The van der Waals surface area contributed by atoms with Crippen molar-refractivity contribution in [2.45, 2.75) is 13.0 Å². The van der Waals surface area contributed by atoms with Crippen molar-refractivity contribution in [1.82, 2.24) is 4.98 Å². The van der Waals surface area contributed by atoms with E-state index in [1.54, 1.807) is 30.3 Å². The molecule has 24 heavy (non-hydrogen) atoms. The van der Waals surface area contributed by atoms with E-state index in [0.29, 0.717) is 22.4 Å². The molecule has 0 radical (unpaired) electrons. The molecule has 0 aliphatic carbocycles. The first-order chi connectivity index (χ1) is 11.5. The number of pyridine rings is 1. The van der Waals surface area contributed by atoms with Gasteiger partial charge in [-0.15, -0.1) is 0 Å².